The number of nitrogens with zero attached hydrogens (tertiary/aromatic N) is 1. The molecule has 2 aromatic rings. The van der Waals surface area contributed by atoms with E-state index in [0.717, 1.165) is 21.3 Å². The number of nitrogens with one attached hydrogen (secondary N) is 1. The summed E-state index contributed by atoms with van der Waals surface area (Å²) in [7, 11) is 0. The molecule has 0 radical (unpaired) electrons. The van der Waals surface area contributed by atoms with E-state index in [-0.39, 0.29) is 5.91 Å². The van der Waals surface area contributed by atoms with Gasteiger partial charge in [0.1, 0.15) is 0 Å². The highest BCUT2D eigenvalue weighted by Gasteiger charge is 2.06. The molecular weight excluding hydrogens is 348 g/mol. The van der Waals surface area contributed by atoms with Crippen LogP contribution in [0.25, 0.3) is 0 Å². The summed E-state index contributed by atoms with van der Waals surface area (Å²) in [5.74, 6) is -0.0208. The maximum absolute atomic E-state index is 11.3. The van der Waals surface area contributed by atoms with Crippen LogP contribution in [0.4, 0.5) is 5.13 Å². The van der Waals surface area contributed by atoms with Crippen LogP contribution >= 0.6 is 38.9 Å². The lowest BCUT2D eigenvalue weighted by molar-refractivity contribution is -0.115. The number of hydrogen-bond donors (Lipinski definition) is 1. The van der Waals surface area contributed by atoms with Gasteiger partial charge in [-0.2, -0.15) is 0 Å². The van der Waals surface area contributed by atoms with Gasteiger partial charge in [-0.3, -0.25) is 4.79 Å². The van der Waals surface area contributed by atoms with E-state index >= 15 is 0 Å². The van der Waals surface area contributed by atoms with Crippen LogP contribution in [0.5, 0.6) is 0 Å². The average Bonchev–Trinajstić information content (AvgIpc) is 2.81. The number of hydrogen-bond acceptors (Lipinski definition) is 3. The van der Waals surface area contributed by atoms with Crippen LogP contribution in [0.2, 0.25) is 5.02 Å². The lowest BCUT2D eigenvalue weighted by atomic mass is 10.1. The van der Waals surface area contributed by atoms with Crippen LogP contribution < -0.4 is 5.32 Å². The van der Waals surface area contributed by atoms with E-state index in [4.69, 9.17) is 11.6 Å². The Kier molecular flexibility index (Phi) is 4.96. The van der Waals surface area contributed by atoms with E-state index in [1.165, 1.54) is 11.3 Å². The molecule has 1 N–H and O–H groups in total. The fourth-order valence-corrected chi connectivity index (χ4v) is 2.82. The summed E-state index contributed by atoms with van der Waals surface area (Å²) in [4.78, 5) is 16.5. The van der Waals surface area contributed by atoms with Gasteiger partial charge in [0.25, 0.3) is 0 Å². The number of benzene rings is 1. The van der Waals surface area contributed by atoms with Gasteiger partial charge in [0, 0.05) is 28.4 Å². The van der Waals surface area contributed by atoms with Gasteiger partial charge < -0.3 is 5.32 Å². The minimum absolute atomic E-state index is 0.0208. The minimum Gasteiger partial charge on any atom is -0.302 e. The lowest BCUT2D eigenvalue weighted by Gasteiger charge is -2.01. The molecule has 6 heteroatoms. The Morgan fingerprint density at radius 1 is 1.53 bits per heavy atom. The van der Waals surface area contributed by atoms with E-state index in [1.54, 1.807) is 6.20 Å². The standard InChI is InChI=1S/C13H12BrClN2OS/c1-2-12(18)17-13-16-7-9(19-13)5-8-3-4-10(14)11(15)6-8/h3-4,6-7H,2,5H2,1H3,(H,16,17,18). The van der Waals surface area contributed by atoms with Gasteiger partial charge >= 0.3 is 0 Å². The van der Waals surface area contributed by atoms with Crippen molar-refractivity contribution in [2.75, 3.05) is 5.32 Å². The zero-order chi connectivity index (χ0) is 13.8. The maximum Gasteiger partial charge on any atom is 0.225 e. The Morgan fingerprint density at radius 3 is 3.00 bits per heavy atom. The molecule has 1 aromatic carbocycles. The summed E-state index contributed by atoms with van der Waals surface area (Å²) in [5, 5.41) is 4.09. The number of amides is 1. The zero-order valence-corrected chi connectivity index (χ0v) is 13.4. The van der Waals surface area contributed by atoms with Crippen molar-refractivity contribution < 1.29 is 4.79 Å². The normalized spacial score (nSPS) is 10.5. The van der Waals surface area contributed by atoms with Gasteiger partial charge in [0.05, 0.1) is 5.02 Å². The van der Waals surface area contributed by atoms with Crippen molar-refractivity contribution in [1.29, 1.82) is 0 Å². The zero-order valence-electron chi connectivity index (χ0n) is 10.2. The van der Waals surface area contributed by atoms with Crippen molar-refractivity contribution in [3.05, 3.63) is 44.3 Å². The molecule has 1 heterocycles. The fraction of sp³-hybridized carbons (Fsp3) is 0.231. The fourth-order valence-electron chi connectivity index (χ4n) is 1.51. The van der Waals surface area contributed by atoms with Crippen LogP contribution in [0, 0.1) is 0 Å². The van der Waals surface area contributed by atoms with Crippen molar-refractivity contribution >= 4 is 49.9 Å². The number of thiazole rings is 1. The first-order valence-electron chi connectivity index (χ1n) is 5.77. The third-order valence-corrected chi connectivity index (χ3v) is 4.63. The quantitative estimate of drug-likeness (QED) is 0.873. The highest BCUT2D eigenvalue weighted by Crippen LogP contribution is 2.26. The third kappa shape index (κ3) is 4.03. The van der Waals surface area contributed by atoms with Gasteiger partial charge in [-0.1, -0.05) is 24.6 Å². The predicted octanol–water partition coefficient (Wildman–Crippen LogP) is 4.50. The Hall–Kier alpha value is -0.910. The number of halogens is 2. The second-order valence-corrected chi connectivity index (χ2v) is 6.34. The van der Waals surface area contributed by atoms with E-state index in [2.05, 4.69) is 26.2 Å². The van der Waals surface area contributed by atoms with Gasteiger partial charge in [-0.25, -0.2) is 4.98 Å². The van der Waals surface area contributed by atoms with Crippen molar-refractivity contribution in [3.8, 4) is 0 Å². The summed E-state index contributed by atoms with van der Waals surface area (Å²) < 4.78 is 0.887. The molecule has 2 rings (SSSR count). The Morgan fingerprint density at radius 2 is 2.32 bits per heavy atom. The van der Waals surface area contributed by atoms with Gasteiger partial charge in [0.2, 0.25) is 5.91 Å². The molecule has 3 nitrogen and oxygen atoms in total. The maximum atomic E-state index is 11.3. The van der Waals surface area contributed by atoms with Crippen molar-refractivity contribution in [2.24, 2.45) is 0 Å². The van der Waals surface area contributed by atoms with Gasteiger partial charge in [-0.05, 0) is 33.6 Å². The van der Waals surface area contributed by atoms with Crippen LogP contribution in [-0.4, -0.2) is 10.9 Å². The van der Waals surface area contributed by atoms with E-state index in [1.807, 2.05) is 25.1 Å². The summed E-state index contributed by atoms with van der Waals surface area (Å²) in [6.45, 7) is 1.81. The van der Waals surface area contributed by atoms with E-state index in [9.17, 15) is 4.79 Å². The topological polar surface area (TPSA) is 42.0 Å². The highest BCUT2D eigenvalue weighted by molar-refractivity contribution is 9.10. The van der Waals surface area contributed by atoms with Gasteiger partial charge in [-0.15, -0.1) is 11.3 Å². The molecule has 0 aliphatic rings. The third-order valence-electron chi connectivity index (χ3n) is 2.48. The summed E-state index contributed by atoms with van der Waals surface area (Å²) in [6.07, 6.45) is 3.00. The summed E-state index contributed by atoms with van der Waals surface area (Å²) >= 11 is 10.9. The first-order valence-corrected chi connectivity index (χ1v) is 7.75. The van der Waals surface area contributed by atoms with Crippen molar-refractivity contribution in [2.45, 2.75) is 19.8 Å². The molecule has 0 bridgehead atoms. The molecule has 0 unspecified atom stereocenters. The molecule has 0 fully saturated rings. The summed E-state index contributed by atoms with van der Waals surface area (Å²) in [5.41, 5.74) is 1.12. The summed E-state index contributed by atoms with van der Waals surface area (Å²) in [6, 6.07) is 5.87. The molecule has 19 heavy (non-hydrogen) atoms. The number of aromatic nitrogens is 1. The number of rotatable bonds is 4. The molecule has 100 valence electrons. The molecule has 1 aromatic heterocycles. The molecule has 0 saturated heterocycles. The van der Waals surface area contributed by atoms with Crippen LogP contribution in [0.15, 0.2) is 28.9 Å². The number of anilines is 1. The second-order valence-electron chi connectivity index (χ2n) is 3.96. The van der Waals surface area contributed by atoms with Crippen LogP contribution in [0.1, 0.15) is 23.8 Å². The molecular formula is C13H12BrClN2OS. The minimum atomic E-state index is -0.0208. The first-order chi connectivity index (χ1) is 9.08. The second kappa shape index (κ2) is 6.50. The molecule has 1 amide bonds. The van der Waals surface area contributed by atoms with Crippen LogP contribution in [0.3, 0.4) is 0 Å². The Labute approximate surface area is 129 Å². The smallest absolute Gasteiger partial charge is 0.225 e. The Balaban J connectivity index is 2.07. The lowest BCUT2D eigenvalue weighted by Crippen LogP contribution is -2.08. The van der Waals surface area contributed by atoms with Crippen molar-refractivity contribution in [1.82, 2.24) is 4.98 Å². The molecule has 0 aliphatic carbocycles. The highest BCUT2D eigenvalue weighted by atomic mass is 79.9. The molecule has 0 aliphatic heterocycles. The monoisotopic (exact) mass is 358 g/mol. The van der Waals surface area contributed by atoms with E-state index < -0.39 is 0 Å². The average molecular weight is 360 g/mol. The largest absolute Gasteiger partial charge is 0.302 e. The van der Waals surface area contributed by atoms with Gasteiger partial charge in [0.15, 0.2) is 5.13 Å². The number of carbonyl (C=O) groups is 1. The number of carbonyl (C=O) groups excluding carboxylic acids is 1. The Bertz CT molecular complexity index is 600. The first kappa shape index (κ1) is 14.5. The molecule has 0 saturated carbocycles. The molecule has 0 atom stereocenters. The van der Waals surface area contributed by atoms with Crippen molar-refractivity contribution in [3.63, 3.8) is 0 Å². The van der Waals surface area contributed by atoms with Crippen LogP contribution in [-0.2, 0) is 11.2 Å². The molecule has 0 spiro atoms. The predicted molar refractivity (Wildman–Crippen MR) is 83.0 cm³/mol. The van der Waals surface area contributed by atoms with E-state index in [0.29, 0.717) is 16.6 Å². The SMILES string of the molecule is CCC(=O)Nc1ncc(Cc2ccc(Br)c(Cl)c2)s1.